The number of fused-ring (bicyclic) bond motifs is 1. The predicted molar refractivity (Wildman–Crippen MR) is 110 cm³/mol. The number of amides is 2. The zero-order valence-electron chi connectivity index (χ0n) is 17.3. The molecule has 6 heteroatoms. The number of aromatic nitrogens is 1. The van der Waals surface area contributed by atoms with Crippen LogP contribution >= 0.6 is 0 Å². The summed E-state index contributed by atoms with van der Waals surface area (Å²) in [5, 5.41) is 7.18. The maximum absolute atomic E-state index is 12.9. The van der Waals surface area contributed by atoms with Crippen molar-refractivity contribution in [2.24, 2.45) is 5.92 Å². The lowest BCUT2D eigenvalue weighted by Crippen LogP contribution is -2.45. The van der Waals surface area contributed by atoms with E-state index in [1.54, 1.807) is 0 Å². The Morgan fingerprint density at radius 3 is 2.69 bits per heavy atom. The first-order valence-corrected chi connectivity index (χ1v) is 10.6. The third kappa shape index (κ3) is 4.36. The van der Waals surface area contributed by atoms with Crippen LogP contribution in [0, 0.1) is 19.8 Å². The van der Waals surface area contributed by atoms with Crippen LogP contribution in [0.25, 0.3) is 0 Å². The summed E-state index contributed by atoms with van der Waals surface area (Å²) >= 11 is 0. The summed E-state index contributed by atoms with van der Waals surface area (Å²) < 4.78 is 5.43. The fourth-order valence-electron chi connectivity index (χ4n) is 4.56. The van der Waals surface area contributed by atoms with Crippen molar-refractivity contribution in [3.05, 3.63) is 51.9 Å². The van der Waals surface area contributed by atoms with E-state index in [-0.39, 0.29) is 17.7 Å². The molecule has 4 rings (SSSR count). The van der Waals surface area contributed by atoms with Crippen molar-refractivity contribution in [1.82, 2.24) is 15.4 Å². The van der Waals surface area contributed by atoms with E-state index in [1.807, 2.05) is 30.9 Å². The predicted octanol–water partition coefficient (Wildman–Crippen LogP) is 3.34. The first kappa shape index (κ1) is 19.7. The van der Waals surface area contributed by atoms with E-state index >= 15 is 0 Å². The number of rotatable bonds is 4. The molecule has 1 aromatic carbocycles. The monoisotopic (exact) mass is 395 g/mol. The third-order valence-corrected chi connectivity index (χ3v) is 6.01. The molecule has 2 amide bonds. The number of piperidine rings is 1. The van der Waals surface area contributed by atoms with E-state index in [4.69, 9.17) is 4.52 Å². The summed E-state index contributed by atoms with van der Waals surface area (Å²) in [5.41, 5.74) is 4.89. The molecule has 1 aliphatic carbocycles. The Morgan fingerprint density at radius 2 is 1.90 bits per heavy atom. The van der Waals surface area contributed by atoms with Crippen LogP contribution in [0.5, 0.6) is 0 Å². The van der Waals surface area contributed by atoms with Gasteiger partial charge in [-0.25, -0.2) is 0 Å². The SMILES string of the molecule is Cc1cc(C)cc(C(=O)N2CCC[C@@H](C(=O)NCc3noc4c3CCCC4)C2)c1. The topological polar surface area (TPSA) is 75.4 Å². The minimum atomic E-state index is -0.179. The molecule has 1 saturated heterocycles. The van der Waals surface area contributed by atoms with Gasteiger partial charge in [0.1, 0.15) is 11.5 Å². The largest absolute Gasteiger partial charge is 0.361 e. The average molecular weight is 396 g/mol. The molecule has 0 radical (unpaired) electrons. The molecule has 1 atom stereocenters. The molecular weight excluding hydrogens is 366 g/mol. The van der Waals surface area contributed by atoms with Crippen LogP contribution in [0.2, 0.25) is 0 Å². The molecule has 29 heavy (non-hydrogen) atoms. The highest BCUT2D eigenvalue weighted by Gasteiger charge is 2.29. The van der Waals surface area contributed by atoms with Crippen molar-refractivity contribution in [2.45, 2.75) is 58.9 Å². The number of nitrogens with one attached hydrogen (secondary N) is 1. The molecule has 2 aliphatic rings. The minimum Gasteiger partial charge on any atom is -0.361 e. The molecule has 2 heterocycles. The average Bonchev–Trinajstić information content (AvgIpc) is 3.14. The second-order valence-corrected chi connectivity index (χ2v) is 8.42. The fraction of sp³-hybridized carbons (Fsp3) is 0.522. The molecule has 2 aromatic rings. The number of nitrogens with zero attached hydrogens (tertiary/aromatic N) is 2. The van der Waals surface area contributed by atoms with Crippen molar-refractivity contribution in [3.8, 4) is 0 Å². The van der Waals surface area contributed by atoms with E-state index in [0.717, 1.165) is 61.1 Å². The second kappa shape index (κ2) is 8.39. The van der Waals surface area contributed by atoms with Crippen molar-refractivity contribution in [3.63, 3.8) is 0 Å². The van der Waals surface area contributed by atoms with E-state index in [2.05, 4.69) is 16.5 Å². The van der Waals surface area contributed by atoms with Crippen LogP contribution < -0.4 is 5.32 Å². The van der Waals surface area contributed by atoms with Crippen LogP contribution in [-0.2, 0) is 24.2 Å². The van der Waals surface area contributed by atoms with Gasteiger partial charge in [0.05, 0.1) is 12.5 Å². The van der Waals surface area contributed by atoms with Crippen molar-refractivity contribution < 1.29 is 14.1 Å². The van der Waals surface area contributed by atoms with Crippen molar-refractivity contribution >= 4 is 11.8 Å². The Bertz CT molecular complexity index is 898. The molecule has 0 saturated carbocycles. The molecule has 0 spiro atoms. The van der Waals surface area contributed by atoms with Gasteiger partial charge in [-0.2, -0.15) is 0 Å². The van der Waals surface area contributed by atoms with Crippen LogP contribution in [0.15, 0.2) is 22.7 Å². The molecule has 0 bridgehead atoms. The number of carbonyl (C=O) groups excluding carboxylic acids is 2. The van der Waals surface area contributed by atoms with Crippen LogP contribution in [0.3, 0.4) is 0 Å². The number of hydrogen-bond acceptors (Lipinski definition) is 4. The summed E-state index contributed by atoms with van der Waals surface area (Å²) in [6.07, 6.45) is 5.85. The standard InChI is InChI=1S/C23H29N3O3/c1-15-10-16(2)12-18(11-15)23(28)26-9-5-6-17(14-26)22(27)24-13-20-19-7-3-4-8-21(19)29-25-20/h10-12,17H,3-9,13-14H2,1-2H3,(H,24,27)/t17-/m1/s1. The van der Waals surface area contributed by atoms with Gasteiger partial charge in [0.15, 0.2) is 0 Å². The zero-order valence-corrected chi connectivity index (χ0v) is 17.3. The smallest absolute Gasteiger partial charge is 0.253 e. The summed E-state index contributed by atoms with van der Waals surface area (Å²) in [7, 11) is 0. The Hall–Kier alpha value is -2.63. The lowest BCUT2D eigenvalue weighted by molar-refractivity contribution is -0.126. The minimum absolute atomic E-state index is 0.00418. The molecule has 1 aliphatic heterocycles. The van der Waals surface area contributed by atoms with Gasteiger partial charge in [0.2, 0.25) is 5.91 Å². The molecule has 1 N–H and O–H groups in total. The van der Waals surface area contributed by atoms with Crippen LogP contribution in [-0.4, -0.2) is 35.0 Å². The molecule has 1 aromatic heterocycles. The lowest BCUT2D eigenvalue weighted by Gasteiger charge is -2.32. The summed E-state index contributed by atoms with van der Waals surface area (Å²) in [4.78, 5) is 27.5. The number of aryl methyl sites for hydroxylation is 3. The summed E-state index contributed by atoms with van der Waals surface area (Å²) in [5.74, 6) is 0.806. The Morgan fingerprint density at radius 1 is 1.14 bits per heavy atom. The number of hydrogen-bond donors (Lipinski definition) is 1. The maximum Gasteiger partial charge on any atom is 0.253 e. The number of benzene rings is 1. The molecule has 0 unspecified atom stereocenters. The zero-order chi connectivity index (χ0) is 20.4. The lowest BCUT2D eigenvalue weighted by atomic mass is 9.95. The Labute approximate surface area is 171 Å². The molecular formula is C23H29N3O3. The van der Waals surface area contributed by atoms with Gasteiger partial charge in [-0.05, 0) is 58.1 Å². The molecule has 1 fully saturated rings. The van der Waals surface area contributed by atoms with Gasteiger partial charge in [-0.3, -0.25) is 9.59 Å². The molecule has 154 valence electrons. The van der Waals surface area contributed by atoms with Crippen LogP contribution in [0.4, 0.5) is 0 Å². The van der Waals surface area contributed by atoms with Crippen molar-refractivity contribution in [1.29, 1.82) is 0 Å². The maximum atomic E-state index is 12.9. The highest BCUT2D eigenvalue weighted by molar-refractivity contribution is 5.95. The van der Waals surface area contributed by atoms with Gasteiger partial charge in [-0.1, -0.05) is 22.3 Å². The van der Waals surface area contributed by atoms with Crippen LogP contribution in [0.1, 0.15) is 64.2 Å². The van der Waals surface area contributed by atoms with E-state index < -0.39 is 0 Å². The highest BCUT2D eigenvalue weighted by Crippen LogP contribution is 2.24. The normalized spacial score (nSPS) is 19.0. The third-order valence-electron chi connectivity index (χ3n) is 6.01. The Balaban J connectivity index is 1.37. The second-order valence-electron chi connectivity index (χ2n) is 8.42. The Kier molecular flexibility index (Phi) is 5.69. The quantitative estimate of drug-likeness (QED) is 0.862. The van der Waals surface area contributed by atoms with Gasteiger partial charge in [0, 0.05) is 30.6 Å². The fourth-order valence-corrected chi connectivity index (χ4v) is 4.56. The number of likely N-dealkylation sites (tertiary alicyclic amines) is 1. The van der Waals surface area contributed by atoms with Gasteiger partial charge in [-0.15, -0.1) is 0 Å². The van der Waals surface area contributed by atoms with E-state index in [9.17, 15) is 9.59 Å². The van der Waals surface area contributed by atoms with Gasteiger partial charge < -0.3 is 14.7 Å². The molecule has 6 nitrogen and oxygen atoms in total. The van der Waals surface area contributed by atoms with Gasteiger partial charge in [0.25, 0.3) is 5.91 Å². The van der Waals surface area contributed by atoms with E-state index in [1.165, 1.54) is 5.56 Å². The summed E-state index contributed by atoms with van der Waals surface area (Å²) in [6.45, 7) is 5.57. The first-order valence-electron chi connectivity index (χ1n) is 10.6. The first-order chi connectivity index (χ1) is 14.0. The highest BCUT2D eigenvalue weighted by atomic mass is 16.5. The number of carbonyl (C=O) groups is 2. The van der Waals surface area contributed by atoms with Crippen molar-refractivity contribution in [2.75, 3.05) is 13.1 Å². The van der Waals surface area contributed by atoms with Gasteiger partial charge >= 0.3 is 0 Å². The van der Waals surface area contributed by atoms with E-state index in [0.29, 0.717) is 25.2 Å². The summed E-state index contributed by atoms with van der Waals surface area (Å²) in [6, 6.07) is 5.91.